The lowest BCUT2D eigenvalue weighted by molar-refractivity contribution is 0.0604. The molecule has 0 N–H and O–H groups in total. The summed E-state index contributed by atoms with van der Waals surface area (Å²) in [6.07, 6.45) is 0.0892. The molecular weight excluding hydrogens is 284 g/mol. The standard InChI is InChI=1S/C20H22N2O/c1-14(2)18-13-21(12-15-8-4-3-5-9-15)19-16-10-6-7-11-17(16)20(23)22(18)19/h3-11,14,18-19H,12-13H2,1-2H3. The number of nitrogens with zero attached hydrogens (tertiary/aromatic N) is 2. The van der Waals surface area contributed by atoms with E-state index in [9.17, 15) is 4.79 Å². The summed E-state index contributed by atoms with van der Waals surface area (Å²) >= 11 is 0. The number of amides is 1. The Balaban J connectivity index is 1.72. The molecule has 2 aromatic rings. The van der Waals surface area contributed by atoms with Crippen LogP contribution in [0.15, 0.2) is 54.6 Å². The van der Waals surface area contributed by atoms with Gasteiger partial charge in [0.05, 0.1) is 0 Å². The molecule has 23 heavy (non-hydrogen) atoms. The summed E-state index contributed by atoms with van der Waals surface area (Å²) in [7, 11) is 0. The predicted octanol–water partition coefficient (Wildman–Crippen LogP) is 3.68. The van der Waals surface area contributed by atoms with Gasteiger partial charge < -0.3 is 4.90 Å². The van der Waals surface area contributed by atoms with E-state index >= 15 is 0 Å². The topological polar surface area (TPSA) is 23.6 Å². The second-order valence-electron chi connectivity index (χ2n) is 6.90. The van der Waals surface area contributed by atoms with Crippen molar-refractivity contribution in [3.8, 4) is 0 Å². The van der Waals surface area contributed by atoms with Crippen LogP contribution >= 0.6 is 0 Å². The minimum atomic E-state index is 0.0892. The van der Waals surface area contributed by atoms with Gasteiger partial charge in [-0.15, -0.1) is 0 Å². The highest BCUT2D eigenvalue weighted by molar-refractivity contribution is 5.99. The highest BCUT2D eigenvalue weighted by Gasteiger charge is 2.49. The molecule has 1 amide bonds. The summed E-state index contributed by atoms with van der Waals surface area (Å²) in [6, 6.07) is 18.9. The van der Waals surface area contributed by atoms with Crippen molar-refractivity contribution in [2.45, 2.75) is 32.6 Å². The Labute approximate surface area is 137 Å². The fourth-order valence-corrected chi connectivity index (χ4v) is 3.95. The van der Waals surface area contributed by atoms with E-state index in [2.05, 4.69) is 54.0 Å². The van der Waals surface area contributed by atoms with Gasteiger partial charge in [0.25, 0.3) is 5.91 Å². The van der Waals surface area contributed by atoms with Crippen molar-refractivity contribution in [3.05, 3.63) is 71.3 Å². The Hall–Kier alpha value is -2.13. The van der Waals surface area contributed by atoms with Gasteiger partial charge in [0.1, 0.15) is 6.17 Å². The van der Waals surface area contributed by atoms with E-state index in [-0.39, 0.29) is 18.1 Å². The van der Waals surface area contributed by atoms with E-state index < -0.39 is 0 Å². The van der Waals surface area contributed by atoms with Crippen molar-refractivity contribution < 1.29 is 4.79 Å². The maximum Gasteiger partial charge on any atom is 0.256 e. The van der Waals surface area contributed by atoms with Gasteiger partial charge >= 0.3 is 0 Å². The minimum absolute atomic E-state index is 0.0892. The lowest BCUT2D eigenvalue weighted by Gasteiger charge is -2.27. The number of hydrogen-bond acceptors (Lipinski definition) is 2. The van der Waals surface area contributed by atoms with Crippen molar-refractivity contribution in [1.29, 1.82) is 0 Å². The first-order valence-corrected chi connectivity index (χ1v) is 8.36. The smallest absolute Gasteiger partial charge is 0.256 e. The minimum Gasteiger partial charge on any atom is -0.314 e. The Kier molecular flexibility index (Phi) is 3.46. The molecule has 0 aliphatic carbocycles. The third kappa shape index (κ3) is 2.27. The largest absolute Gasteiger partial charge is 0.314 e. The summed E-state index contributed by atoms with van der Waals surface area (Å²) in [5.74, 6) is 0.649. The van der Waals surface area contributed by atoms with Gasteiger partial charge in [0, 0.05) is 30.3 Å². The Bertz CT molecular complexity index is 725. The normalized spacial score (nSPS) is 23.4. The molecule has 2 atom stereocenters. The van der Waals surface area contributed by atoms with Crippen LogP contribution in [0.1, 0.15) is 41.5 Å². The summed E-state index contributed by atoms with van der Waals surface area (Å²) in [6.45, 7) is 6.25. The second kappa shape index (κ2) is 5.50. The molecule has 2 aliphatic heterocycles. The number of benzene rings is 2. The van der Waals surface area contributed by atoms with Crippen molar-refractivity contribution in [2.75, 3.05) is 6.54 Å². The molecule has 0 saturated carbocycles. The molecular formula is C20H22N2O. The molecule has 0 bridgehead atoms. The van der Waals surface area contributed by atoms with Crippen LogP contribution in [0.3, 0.4) is 0 Å². The molecule has 118 valence electrons. The highest BCUT2D eigenvalue weighted by Crippen LogP contribution is 2.44. The van der Waals surface area contributed by atoms with Crippen molar-refractivity contribution in [1.82, 2.24) is 9.80 Å². The van der Waals surface area contributed by atoms with Gasteiger partial charge in [0.15, 0.2) is 0 Å². The van der Waals surface area contributed by atoms with Crippen LogP contribution in [-0.2, 0) is 6.54 Å². The molecule has 2 unspecified atom stereocenters. The first-order valence-electron chi connectivity index (χ1n) is 8.36. The fourth-order valence-electron chi connectivity index (χ4n) is 3.95. The quantitative estimate of drug-likeness (QED) is 0.863. The molecule has 0 spiro atoms. The van der Waals surface area contributed by atoms with Gasteiger partial charge in [-0.1, -0.05) is 62.4 Å². The van der Waals surface area contributed by atoms with Gasteiger partial charge in [-0.05, 0) is 17.5 Å². The lowest BCUT2D eigenvalue weighted by Crippen LogP contribution is -2.37. The van der Waals surface area contributed by atoms with Crippen molar-refractivity contribution >= 4 is 5.91 Å². The molecule has 1 saturated heterocycles. The Morgan fingerprint density at radius 2 is 1.74 bits per heavy atom. The van der Waals surface area contributed by atoms with Crippen molar-refractivity contribution in [2.24, 2.45) is 5.92 Å². The lowest BCUT2D eigenvalue weighted by atomic mass is 10.0. The third-order valence-corrected chi connectivity index (χ3v) is 5.09. The molecule has 2 aromatic carbocycles. The zero-order valence-corrected chi connectivity index (χ0v) is 13.6. The van der Waals surface area contributed by atoms with Gasteiger partial charge in [-0.25, -0.2) is 0 Å². The highest BCUT2D eigenvalue weighted by atomic mass is 16.2. The zero-order valence-electron chi connectivity index (χ0n) is 13.6. The van der Waals surface area contributed by atoms with E-state index in [0.29, 0.717) is 5.92 Å². The van der Waals surface area contributed by atoms with E-state index in [0.717, 1.165) is 24.2 Å². The van der Waals surface area contributed by atoms with Crippen LogP contribution in [-0.4, -0.2) is 28.3 Å². The SMILES string of the molecule is CC(C)C1CN(Cc2ccccc2)C2c3ccccc3C(=O)N12. The maximum absolute atomic E-state index is 12.9. The molecule has 4 rings (SSSR count). The van der Waals surface area contributed by atoms with E-state index in [1.165, 1.54) is 5.56 Å². The van der Waals surface area contributed by atoms with Crippen LogP contribution in [0, 0.1) is 5.92 Å². The van der Waals surface area contributed by atoms with Gasteiger partial charge in [-0.3, -0.25) is 9.69 Å². The molecule has 3 heteroatoms. The maximum atomic E-state index is 12.9. The van der Waals surface area contributed by atoms with E-state index in [1.807, 2.05) is 24.3 Å². The summed E-state index contributed by atoms with van der Waals surface area (Å²) in [4.78, 5) is 17.4. The monoisotopic (exact) mass is 306 g/mol. The third-order valence-electron chi connectivity index (χ3n) is 5.09. The molecule has 2 aliphatic rings. The number of carbonyl (C=O) groups excluding carboxylic acids is 1. The summed E-state index contributed by atoms with van der Waals surface area (Å²) < 4.78 is 0. The fraction of sp³-hybridized carbons (Fsp3) is 0.350. The van der Waals surface area contributed by atoms with Crippen LogP contribution < -0.4 is 0 Å². The molecule has 3 nitrogen and oxygen atoms in total. The number of fused-ring (bicyclic) bond motifs is 3. The van der Waals surface area contributed by atoms with Crippen LogP contribution in [0.5, 0.6) is 0 Å². The number of hydrogen-bond donors (Lipinski definition) is 0. The first kappa shape index (κ1) is 14.5. The van der Waals surface area contributed by atoms with Crippen LogP contribution in [0.4, 0.5) is 0 Å². The van der Waals surface area contributed by atoms with E-state index in [1.54, 1.807) is 0 Å². The van der Waals surface area contributed by atoms with Gasteiger partial charge in [-0.2, -0.15) is 0 Å². The van der Waals surface area contributed by atoms with E-state index in [4.69, 9.17) is 0 Å². The van der Waals surface area contributed by atoms with Crippen molar-refractivity contribution in [3.63, 3.8) is 0 Å². The summed E-state index contributed by atoms with van der Waals surface area (Å²) in [5.41, 5.74) is 3.34. The Morgan fingerprint density at radius 3 is 2.48 bits per heavy atom. The Morgan fingerprint density at radius 1 is 1.04 bits per heavy atom. The first-order chi connectivity index (χ1) is 11.2. The molecule has 0 aromatic heterocycles. The molecule has 0 radical (unpaired) electrons. The summed E-state index contributed by atoms with van der Waals surface area (Å²) in [5, 5.41) is 0. The predicted molar refractivity (Wildman–Crippen MR) is 90.8 cm³/mol. The molecule has 2 heterocycles. The number of carbonyl (C=O) groups is 1. The number of rotatable bonds is 3. The average molecular weight is 306 g/mol. The zero-order chi connectivity index (χ0) is 16.0. The van der Waals surface area contributed by atoms with Gasteiger partial charge in [0.2, 0.25) is 0 Å². The second-order valence-corrected chi connectivity index (χ2v) is 6.90. The average Bonchev–Trinajstić information content (AvgIpc) is 3.07. The van der Waals surface area contributed by atoms with Crippen LogP contribution in [0.2, 0.25) is 0 Å². The molecule has 1 fully saturated rings. The van der Waals surface area contributed by atoms with Crippen LogP contribution in [0.25, 0.3) is 0 Å².